The predicted octanol–water partition coefficient (Wildman–Crippen LogP) is 2.68. The van der Waals surface area contributed by atoms with Crippen LogP contribution in [0.15, 0.2) is 28.7 Å². The van der Waals surface area contributed by atoms with E-state index in [2.05, 4.69) is 15.9 Å². The molecule has 0 unspecified atom stereocenters. The zero-order valence-electron chi connectivity index (χ0n) is 11.6. The second-order valence-corrected chi connectivity index (χ2v) is 6.01. The monoisotopic (exact) mass is 355 g/mol. The van der Waals surface area contributed by atoms with Gasteiger partial charge in [0.05, 0.1) is 0 Å². The SMILES string of the molecule is O=C(O)CN(C(=O)COc1ccc(Br)cc1)C1CCCC1. The summed E-state index contributed by atoms with van der Waals surface area (Å²) in [6, 6.07) is 7.20. The van der Waals surface area contributed by atoms with Gasteiger partial charge in [0.25, 0.3) is 5.91 Å². The first-order valence-electron chi connectivity index (χ1n) is 6.96. The fraction of sp³-hybridized carbons (Fsp3) is 0.467. The summed E-state index contributed by atoms with van der Waals surface area (Å²) in [7, 11) is 0. The van der Waals surface area contributed by atoms with Gasteiger partial charge >= 0.3 is 5.97 Å². The van der Waals surface area contributed by atoms with E-state index in [0.29, 0.717) is 5.75 Å². The summed E-state index contributed by atoms with van der Waals surface area (Å²) in [5.74, 6) is -0.667. The van der Waals surface area contributed by atoms with Crippen molar-refractivity contribution in [2.75, 3.05) is 13.2 Å². The van der Waals surface area contributed by atoms with Crippen LogP contribution in [0.2, 0.25) is 0 Å². The highest BCUT2D eigenvalue weighted by atomic mass is 79.9. The standard InChI is InChI=1S/C15H18BrNO4/c16-11-5-7-13(8-6-11)21-10-14(18)17(9-15(19)20)12-3-1-2-4-12/h5-8,12H,1-4,9-10H2,(H,19,20). The number of benzene rings is 1. The van der Waals surface area contributed by atoms with E-state index in [0.717, 1.165) is 30.2 Å². The molecule has 1 aliphatic rings. The van der Waals surface area contributed by atoms with E-state index in [1.165, 1.54) is 4.90 Å². The molecule has 5 nitrogen and oxygen atoms in total. The fourth-order valence-electron chi connectivity index (χ4n) is 2.54. The number of rotatable bonds is 6. The summed E-state index contributed by atoms with van der Waals surface area (Å²) in [6.45, 7) is -0.390. The smallest absolute Gasteiger partial charge is 0.323 e. The zero-order valence-corrected chi connectivity index (χ0v) is 13.2. The molecule has 2 rings (SSSR count). The number of ether oxygens (including phenoxy) is 1. The van der Waals surface area contributed by atoms with Gasteiger partial charge in [0, 0.05) is 10.5 Å². The van der Waals surface area contributed by atoms with Gasteiger partial charge in [0.2, 0.25) is 0 Å². The molecule has 0 atom stereocenters. The van der Waals surface area contributed by atoms with Crippen molar-refractivity contribution in [2.24, 2.45) is 0 Å². The van der Waals surface area contributed by atoms with Crippen molar-refractivity contribution >= 4 is 27.8 Å². The van der Waals surface area contributed by atoms with Crippen molar-refractivity contribution in [2.45, 2.75) is 31.7 Å². The first-order valence-corrected chi connectivity index (χ1v) is 7.75. The summed E-state index contributed by atoms with van der Waals surface area (Å²) < 4.78 is 6.37. The Balaban J connectivity index is 1.94. The third-order valence-electron chi connectivity index (χ3n) is 3.57. The topological polar surface area (TPSA) is 66.8 Å². The lowest BCUT2D eigenvalue weighted by Gasteiger charge is -2.27. The number of nitrogens with zero attached hydrogens (tertiary/aromatic N) is 1. The zero-order chi connectivity index (χ0) is 15.2. The molecule has 21 heavy (non-hydrogen) atoms. The van der Waals surface area contributed by atoms with Crippen molar-refractivity contribution < 1.29 is 19.4 Å². The van der Waals surface area contributed by atoms with Gasteiger partial charge in [-0.3, -0.25) is 9.59 Å². The average molecular weight is 356 g/mol. The Morgan fingerprint density at radius 1 is 1.24 bits per heavy atom. The highest BCUT2D eigenvalue weighted by Gasteiger charge is 2.28. The van der Waals surface area contributed by atoms with E-state index in [1.807, 2.05) is 12.1 Å². The van der Waals surface area contributed by atoms with Gasteiger partial charge in [0.1, 0.15) is 12.3 Å². The lowest BCUT2D eigenvalue weighted by molar-refractivity contribution is -0.147. The van der Waals surface area contributed by atoms with E-state index in [9.17, 15) is 9.59 Å². The number of carboxylic acids is 1. The average Bonchev–Trinajstić information content (AvgIpc) is 2.97. The second kappa shape index (κ2) is 7.45. The Bertz CT molecular complexity index is 497. The summed E-state index contributed by atoms with van der Waals surface area (Å²) in [5, 5.41) is 8.97. The highest BCUT2D eigenvalue weighted by molar-refractivity contribution is 9.10. The lowest BCUT2D eigenvalue weighted by atomic mass is 10.2. The minimum atomic E-state index is -0.987. The molecule has 0 saturated heterocycles. The molecule has 1 amide bonds. The Morgan fingerprint density at radius 2 is 1.86 bits per heavy atom. The lowest BCUT2D eigenvalue weighted by Crippen LogP contribution is -2.44. The van der Waals surface area contributed by atoms with Crippen LogP contribution < -0.4 is 4.74 Å². The van der Waals surface area contributed by atoms with Crippen LogP contribution in [-0.2, 0) is 9.59 Å². The van der Waals surface area contributed by atoms with E-state index < -0.39 is 5.97 Å². The largest absolute Gasteiger partial charge is 0.484 e. The maximum atomic E-state index is 12.2. The number of amides is 1. The predicted molar refractivity (Wildman–Crippen MR) is 81.2 cm³/mol. The molecular formula is C15H18BrNO4. The van der Waals surface area contributed by atoms with Crippen LogP contribution in [-0.4, -0.2) is 41.1 Å². The van der Waals surface area contributed by atoms with E-state index >= 15 is 0 Å². The Hall–Kier alpha value is -1.56. The van der Waals surface area contributed by atoms with Gasteiger partial charge in [0.15, 0.2) is 6.61 Å². The van der Waals surface area contributed by atoms with Gasteiger partial charge < -0.3 is 14.7 Å². The molecule has 0 heterocycles. The van der Waals surface area contributed by atoms with E-state index in [4.69, 9.17) is 9.84 Å². The summed E-state index contributed by atoms with van der Waals surface area (Å²) in [5.41, 5.74) is 0. The molecule has 0 radical (unpaired) electrons. The van der Waals surface area contributed by atoms with E-state index in [-0.39, 0.29) is 25.1 Å². The summed E-state index contributed by atoms with van der Waals surface area (Å²) in [6.07, 6.45) is 3.83. The molecule has 1 aromatic carbocycles. The molecule has 6 heteroatoms. The van der Waals surface area contributed by atoms with Crippen LogP contribution in [0.25, 0.3) is 0 Å². The number of aliphatic carboxylic acids is 1. The maximum Gasteiger partial charge on any atom is 0.323 e. The number of carbonyl (C=O) groups excluding carboxylic acids is 1. The molecule has 1 fully saturated rings. The molecule has 1 N–H and O–H groups in total. The Labute approximate surface area is 132 Å². The number of carbonyl (C=O) groups is 2. The molecule has 1 saturated carbocycles. The number of hydrogen-bond donors (Lipinski definition) is 1. The summed E-state index contributed by atoms with van der Waals surface area (Å²) in [4.78, 5) is 24.6. The van der Waals surface area contributed by atoms with Crippen LogP contribution in [0.4, 0.5) is 0 Å². The van der Waals surface area contributed by atoms with Gasteiger partial charge in [-0.2, -0.15) is 0 Å². The molecular weight excluding hydrogens is 338 g/mol. The minimum absolute atomic E-state index is 0.0297. The van der Waals surface area contributed by atoms with Gasteiger partial charge in [-0.15, -0.1) is 0 Å². The Morgan fingerprint density at radius 3 is 2.43 bits per heavy atom. The van der Waals surface area contributed by atoms with Crippen LogP contribution in [0, 0.1) is 0 Å². The first kappa shape index (κ1) is 15.8. The maximum absolute atomic E-state index is 12.2. The van der Waals surface area contributed by atoms with Crippen LogP contribution in [0.3, 0.4) is 0 Å². The number of halogens is 1. The molecule has 0 aromatic heterocycles. The van der Waals surface area contributed by atoms with Gasteiger partial charge in [-0.1, -0.05) is 28.8 Å². The molecule has 0 aliphatic heterocycles. The third-order valence-corrected chi connectivity index (χ3v) is 4.10. The van der Waals surface area contributed by atoms with Crippen molar-refractivity contribution in [3.8, 4) is 5.75 Å². The molecule has 114 valence electrons. The van der Waals surface area contributed by atoms with Crippen LogP contribution in [0.5, 0.6) is 5.75 Å². The normalized spacial score (nSPS) is 14.9. The number of hydrogen-bond acceptors (Lipinski definition) is 3. The second-order valence-electron chi connectivity index (χ2n) is 5.10. The number of carboxylic acid groups (broad SMARTS) is 1. The molecule has 0 bridgehead atoms. The quantitative estimate of drug-likeness (QED) is 0.851. The van der Waals surface area contributed by atoms with Crippen molar-refractivity contribution in [3.63, 3.8) is 0 Å². The first-order chi connectivity index (χ1) is 10.1. The Kier molecular flexibility index (Phi) is 5.61. The van der Waals surface area contributed by atoms with Crippen molar-refractivity contribution in [1.82, 2.24) is 4.90 Å². The minimum Gasteiger partial charge on any atom is -0.484 e. The van der Waals surface area contributed by atoms with Gasteiger partial charge in [-0.25, -0.2) is 0 Å². The fourth-order valence-corrected chi connectivity index (χ4v) is 2.81. The van der Waals surface area contributed by atoms with E-state index in [1.54, 1.807) is 12.1 Å². The van der Waals surface area contributed by atoms with Crippen LogP contribution in [0.1, 0.15) is 25.7 Å². The van der Waals surface area contributed by atoms with Crippen molar-refractivity contribution in [1.29, 1.82) is 0 Å². The third kappa shape index (κ3) is 4.74. The van der Waals surface area contributed by atoms with Crippen molar-refractivity contribution in [3.05, 3.63) is 28.7 Å². The van der Waals surface area contributed by atoms with Gasteiger partial charge in [-0.05, 0) is 37.1 Å². The highest BCUT2D eigenvalue weighted by Crippen LogP contribution is 2.23. The van der Waals surface area contributed by atoms with Crippen LogP contribution >= 0.6 is 15.9 Å². The summed E-state index contributed by atoms with van der Waals surface area (Å²) >= 11 is 3.32. The molecule has 0 spiro atoms. The molecule has 1 aromatic rings. The molecule has 1 aliphatic carbocycles.